The number of aromatic amines is 1. The Bertz CT molecular complexity index is 2230. The van der Waals surface area contributed by atoms with Crippen LogP contribution in [0.2, 0.25) is 0 Å². The molecule has 2 fully saturated rings. The Hall–Kier alpha value is -6.18. The number of amides is 4. The van der Waals surface area contributed by atoms with Gasteiger partial charge < -0.3 is 41.4 Å². The summed E-state index contributed by atoms with van der Waals surface area (Å²) in [5.41, 5.74) is 4.56. The fourth-order valence-corrected chi connectivity index (χ4v) is 7.42. The number of hydrogen-bond acceptors (Lipinski definition) is 7. The number of hydrogen-bond donors (Lipinski definition) is 7. The predicted molar refractivity (Wildman–Crippen MR) is 215 cm³/mol. The van der Waals surface area contributed by atoms with Crippen LogP contribution in [0.25, 0.3) is 22.2 Å². The van der Waals surface area contributed by atoms with Gasteiger partial charge in [-0.3, -0.25) is 14.4 Å². The summed E-state index contributed by atoms with van der Waals surface area (Å²) in [5.74, 6) is -5.08. The number of alkyl halides is 6. The van der Waals surface area contributed by atoms with Gasteiger partial charge in [0.1, 0.15) is 6.04 Å². The molecule has 4 aromatic rings. The van der Waals surface area contributed by atoms with Gasteiger partial charge in [0.25, 0.3) is 5.91 Å². The zero-order valence-electron chi connectivity index (χ0n) is 33.8. The van der Waals surface area contributed by atoms with E-state index in [9.17, 15) is 45.5 Å². The first-order valence-corrected chi connectivity index (χ1v) is 19.8. The quantitative estimate of drug-likeness (QED) is 0.0795. The summed E-state index contributed by atoms with van der Waals surface area (Å²) in [6, 6.07) is 16.5. The molecule has 2 heterocycles. The molecule has 6 rings (SSSR count). The summed E-state index contributed by atoms with van der Waals surface area (Å²) < 4.78 is 71.5. The number of nitrogens with one attached hydrogen (secondary N) is 5. The number of rotatable bonds is 11. The number of H-pyrrole nitrogens is 1. The molecule has 1 saturated heterocycles. The predicted octanol–water partition coefficient (Wildman–Crippen LogP) is 6.75. The summed E-state index contributed by atoms with van der Waals surface area (Å²) in [6.45, 7) is 4.16. The maximum Gasteiger partial charge on any atom is 0.490 e. The minimum absolute atomic E-state index is 0.0882. The van der Waals surface area contributed by atoms with E-state index in [0.717, 1.165) is 48.2 Å². The van der Waals surface area contributed by atoms with Gasteiger partial charge in [0.2, 0.25) is 17.6 Å². The Labute approximate surface area is 351 Å². The Morgan fingerprint density at radius 3 is 2.10 bits per heavy atom. The minimum Gasteiger partial charge on any atom is -0.475 e. The lowest BCUT2D eigenvalue weighted by Gasteiger charge is -2.29. The standard InChI is InChI=1S/C40H46F3N7O5.C2HF3O2/c1-23-19-28(36(52)45-29-15-17-50(2)18-16-29)11-13-31(23)26-7-3-24(4-8-26)20-34(47-35(51)27-9-5-25(6-10-27)22-44-39(54)55)37(53)46-30-12-14-32-33(21-30)49-38(48-32)40(41,42)43;3-2(4,5)1(6)7/h3-4,7-8,11-14,19,21,25,27,29,34,44H,5-6,9-10,15-18,20,22H2,1-2H3,(H,45,52)(H,46,53)(H,47,51)(H,48,49)(H,54,55);(H,6,7)/t25?,27?,34-;/m0./s1. The van der Waals surface area contributed by atoms with Gasteiger partial charge >= 0.3 is 24.4 Å². The van der Waals surface area contributed by atoms with Gasteiger partial charge in [0.05, 0.1) is 11.0 Å². The molecule has 1 aliphatic carbocycles. The van der Waals surface area contributed by atoms with E-state index in [1.54, 1.807) is 0 Å². The first kappa shape index (κ1) is 46.9. The number of aryl methyl sites for hydroxylation is 1. The largest absolute Gasteiger partial charge is 0.490 e. The average molecular weight is 876 g/mol. The van der Waals surface area contributed by atoms with Crippen LogP contribution in [0.4, 0.5) is 36.8 Å². The molecule has 20 heteroatoms. The Balaban J connectivity index is 0.000000955. The van der Waals surface area contributed by atoms with Crippen molar-refractivity contribution in [3.8, 4) is 11.1 Å². The molecule has 1 aliphatic heterocycles. The fourth-order valence-electron chi connectivity index (χ4n) is 7.42. The van der Waals surface area contributed by atoms with Crippen LogP contribution in [-0.2, 0) is 27.0 Å². The van der Waals surface area contributed by atoms with Crippen LogP contribution in [0.15, 0.2) is 60.7 Å². The van der Waals surface area contributed by atoms with Crippen molar-refractivity contribution in [1.29, 1.82) is 0 Å². The molecule has 7 N–H and O–H groups in total. The number of aliphatic carboxylic acids is 1. The Kier molecular flexibility index (Phi) is 15.2. The number of halogens is 6. The van der Waals surface area contributed by atoms with Crippen molar-refractivity contribution in [1.82, 2.24) is 30.8 Å². The number of benzene rings is 3. The summed E-state index contributed by atoms with van der Waals surface area (Å²) >= 11 is 0. The molecule has 1 atom stereocenters. The zero-order valence-corrected chi connectivity index (χ0v) is 33.8. The molecular weight excluding hydrogens is 828 g/mol. The van der Waals surface area contributed by atoms with Gasteiger partial charge in [-0.15, -0.1) is 0 Å². The van der Waals surface area contributed by atoms with E-state index >= 15 is 0 Å². The molecule has 4 amide bonds. The molecule has 1 aromatic heterocycles. The second-order valence-electron chi connectivity index (χ2n) is 15.6. The van der Waals surface area contributed by atoms with Crippen molar-refractivity contribution in [2.45, 2.75) is 76.3 Å². The molecular formula is C42H47F6N7O7. The molecule has 3 aromatic carbocycles. The molecule has 2 aliphatic rings. The van der Waals surface area contributed by atoms with Crippen molar-refractivity contribution in [3.63, 3.8) is 0 Å². The number of carbonyl (C=O) groups excluding carboxylic acids is 3. The molecule has 0 radical (unpaired) electrons. The molecule has 0 unspecified atom stereocenters. The monoisotopic (exact) mass is 875 g/mol. The number of aromatic nitrogens is 2. The number of carboxylic acids is 1. The number of imidazole rings is 1. The molecule has 14 nitrogen and oxygen atoms in total. The maximum atomic E-state index is 13.8. The lowest BCUT2D eigenvalue weighted by molar-refractivity contribution is -0.192. The van der Waals surface area contributed by atoms with Crippen molar-refractivity contribution in [2.24, 2.45) is 11.8 Å². The topological polar surface area (TPSA) is 206 Å². The van der Waals surface area contributed by atoms with E-state index in [-0.39, 0.29) is 52.8 Å². The smallest absolute Gasteiger partial charge is 0.475 e. The van der Waals surface area contributed by atoms with Gasteiger partial charge in [-0.25, -0.2) is 14.6 Å². The van der Waals surface area contributed by atoms with Crippen LogP contribution in [-0.4, -0.2) is 99.8 Å². The van der Waals surface area contributed by atoms with Gasteiger partial charge in [0, 0.05) is 36.2 Å². The second kappa shape index (κ2) is 20.1. The fraction of sp³-hybridized carbons (Fsp3) is 0.429. The van der Waals surface area contributed by atoms with Crippen LogP contribution in [0, 0.1) is 18.8 Å². The summed E-state index contributed by atoms with van der Waals surface area (Å²) in [4.78, 5) is 68.2. The normalized spacial score (nSPS) is 17.9. The van der Waals surface area contributed by atoms with Gasteiger partial charge in [-0.1, -0.05) is 30.3 Å². The summed E-state index contributed by atoms with van der Waals surface area (Å²) in [5, 5.41) is 27.3. The van der Waals surface area contributed by atoms with E-state index in [4.69, 9.17) is 15.0 Å². The van der Waals surface area contributed by atoms with E-state index in [1.807, 2.05) is 49.4 Å². The number of piperidine rings is 1. The van der Waals surface area contributed by atoms with Crippen molar-refractivity contribution >= 4 is 46.5 Å². The molecule has 334 valence electrons. The minimum atomic E-state index is -5.08. The average Bonchev–Trinajstić information content (AvgIpc) is 3.66. The van der Waals surface area contributed by atoms with Crippen molar-refractivity contribution in [2.75, 3.05) is 32.0 Å². The Morgan fingerprint density at radius 2 is 1.52 bits per heavy atom. The third kappa shape index (κ3) is 13.2. The second-order valence-corrected chi connectivity index (χ2v) is 15.6. The molecule has 0 bridgehead atoms. The van der Waals surface area contributed by atoms with E-state index < -0.39 is 42.2 Å². The maximum absolute atomic E-state index is 13.8. The number of nitrogens with zero attached hydrogens (tertiary/aromatic N) is 2. The van der Waals surface area contributed by atoms with E-state index in [0.29, 0.717) is 37.8 Å². The van der Waals surface area contributed by atoms with Crippen LogP contribution in [0.3, 0.4) is 0 Å². The molecule has 62 heavy (non-hydrogen) atoms. The van der Waals surface area contributed by atoms with Crippen LogP contribution < -0.4 is 21.3 Å². The summed E-state index contributed by atoms with van der Waals surface area (Å²) in [6.07, 6.45) is -6.48. The number of fused-ring (bicyclic) bond motifs is 1. The number of anilines is 1. The number of carboxylic acid groups (broad SMARTS) is 2. The molecule has 1 saturated carbocycles. The lowest BCUT2D eigenvalue weighted by atomic mass is 9.81. The van der Waals surface area contributed by atoms with Crippen LogP contribution in [0.5, 0.6) is 0 Å². The molecule has 0 spiro atoms. The van der Waals surface area contributed by atoms with Gasteiger partial charge in [-0.2, -0.15) is 26.3 Å². The van der Waals surface area contributed by atoms with Crippen molar-refractivity contribution < 1.29 is 60.5 Å². The highest BCUT2D eigenvalue weighted by Gasteiger charge is 2.38. The number of carbonyl (C=O) groups is 5. The van der Waals surface area contributed by atoms with E-state index in [2.05, 4.69) is 43.2 Å². The van der Waals surface area contributed by atoms with Gasteiger partial charge in [-0.05, 0) is 124 Å². The van der Waals surface area contributed by atoms with E-state index in [1.165, 1.54) is 18.2 Å². The highest BCUT2D eigenvalue weighted by molar-refractivity contribution is 5.99. The third-order valence-electron chi connectivity index (χ3n) is 10.9. The van der Waals surface area contributed by atoms with Crippen LogP contribution >= 0.6 is 0 Å². The third-order valence-corrected chi connectivity index (χ3v) is 10.9. The first-order valence-electron chi connectivity index (χ1n) is 19.8. The number of likely N-dealkylation sites (tertiary alicyclic amines) is 1. The van der Waals surface area contributed by atoms with Crippen LogP contribution in [0.1, 0.15) is 65.8 Å². The highest BCUT2D eigenvalue weighted by atomic mass is 19.4. The zero-order chi connectivity index (χ0) is 45.4. The lowest BCUT2D eigenvalue weighted by Crippen LogP contribution is -2.48. The first-order chi connectivity index (χ1) is 29.2. The highest BCUT2D eigenvalue weighted by Crippen LogP contribution is 2.31. The Morgan fingerprint density at radius 1 is 0.871 bits per heavy atom. The summed E-state index contributed by atoms with van der Waals surface area (Å²) in [7, 11) is 2.08. The SMILES string of the molecule is Cc1cc(C(=O)NC2CCN(C)CC2)ccc1-c1ccc(C[C@H](NC(=O)C2CCC(CNC(=O)O)CC2)C(=O)Nc2ccc3nc(C(F)(F)F)[nH]c3c2)cc1.O=C(O)C(F)(F)F. The van der Waals surface area contributed by atoms with Crippen molar-refractivity contribution in [3.05, 3.63) is 83.2 Å². The van der Waals surface area contributed by atoms with Gasteiger partial charge in [0.15, 0.2) is 0 Å².